The average molecular weight is 258 g/mol. The zero-order valence-corrected chi connectivity index (χ0v) is 9.92. The maximum absolute atomic E-state index is 5.89. The third-order valence-electron chi connectivity index (χ3n) is 1.95. The fourth-order valence-corrected chi connectivity index (χ4v) is 1.80. The van der Waals surface area contributed by atoms with Crippen LogP contribution in [0.1, 0.15) is 0 Å². The Bertz CT molecular complexity index is 502. The van der Waals surface area contributed by atoms with Crippen LogP contribution >= 0.6 is 23.2 Å². The molecule has 2 rings (SSSR count). The number of hydrogen-bond acceptors (Lipinski definition) is 4. The van der Waals surface area contributed by atoms with Crippen molar-refractivity contribution in [2.75, 3.05) is 18.1 Å². The summed E-state index contributed by atoms with van der Waals surface area (Å²) >= 11 is 11.8. The quantitative estimate of drug-likeness (QED) is 0.866. The predicted octanol–water partition coefficient (Wildman–Crippen LogP) is 2.20. The highest BCUT2D eigenvalue weighted by Crippen LogP contribution is 2.23. The molecular formula is C9H9Cl2N5. The molecular weight excluding hydrogens is 249 g/mol. The molecule has 0 saturated heterocycles. The minimum absolute atomic E-state index is 0.266. The molecule has 0 aliphatic rings. The van der Waals surface area contributed by atoms with E-state index in [9.17, 15) is 0 Å². The Hall–Kier alpha value is -1.46. The van der Waals surface area contributed by atoms with Crippen molar-refractivity contribution in [3.05, 3.63) is 28.2 Å². The Kier molecular flexibility index (Phi) is 2.89. The van der Waals surface area contributed by atoms with Gasteiger partial charge in [-0.3, -0.25) is 0 Å². The number of aromatic nitrogens is 3. The van der Waals surface area contributed by atoms with Gasteiger partial charge < -0.3 is 11.1 Å². The van der Waals surface area contributed by atoms with E-state index in [4.69, 9.17) is 28.9 Å². The fraction of sp³-hybridized carbons (Fsp3) is 0.111. The molecule has 0 aliphatic heterocycles. The number of nitrogens with one attached hydrogen (secondary N) is 1. The lowest BCUT2D eigenvalue weighted by Gasteiger charge is -2.03. The van der Waals surface area contributed by atoms with Gasteiger partial charge in [-0.05, 0) is 18.2 Å². The molecule has 0 radical (unpaired) electrons. The average Bonchev–Trinajstić information content (AvgIpc) is 2.58. The van der Waals surface area contributed by atoms with E-state index < -0.39 is 0 Å². The van der Waals surface area contributed by atoms with Crippen LogP contribution in [-0.4, -0.2) is 21.8 Å². The summed E-state index contributed by atoms with van der Waals surface area (Å²) in [5.41, 5.74) is 6.38. The SMILES string of the molecule is CNc1nc(N)n(-c2cc(Cl)cc(Cl)c2)n1. The molecule has 7 heteroatoms. The van der Waals surface area contributed by atoms with Crippen molar-refractivity contribution in [3.63, 3.8) is 0 Å². The van der Waals surface area contributed by atoms with Crippen molar-refractivity contribution in [1.82, 2.24) is 14.8 Å². The number of anilines is 2. The van der Waals surface area contributed by atoms with E-state index in [0.717, 1.165) is 0 Å². The van der Waals surface area contributed by atoms with Gasteiger partial charge in [-0.1, -0.05) is 23.2 Å². The van der Waals surface area contributed by atoms with Crippen molar-refractivity contribution >= 4 is 35.1 Å². The van der Waals surface area contributed by atoms with Crippen LogP contribution < -0.4 is 11.1 Å². The molecule has 0 unspecified atom stereocenters. The Morgan fingerprint density at radius 1 is 1.25 bits per heavy atom. The number of nitrogen functional groups attached to an aromatic ring is 1. The van der Waals surface area contributed by atoms with Crippen molar-refractivity contribution < 1.29 is 0 Å². The van der Waals surface area contributed by atoms with Crippen LogP contribution in [-0.2, 0) is 0 Å². The first-order valence-electron chi connectivity index (χ1n) is 4.47. The van der Waals surface area contributed by atoms with E-state index in [1.54, 1.807) is 25.2 Å². The topological polar surface area (TPSA) is 68.8 Å². The molecule has 1 aromatic carbocycles. The molecule has 5 nitrogen and oxygen atoms in total. The normalized spacial score (nSPS) is 10.4. The minimum Gasteiger partial charge on any atom is -0.368 e. The van der Waals surface area contributed by atoms with Gasteiger partial charge in [-0.15, -0.1) is 5.10 Å². The van der Waals surface area contributed by atoms with Gasteiger partial charge >= 0.3 is 0 Å². The highest BCUT2D eigenvalue weighted by molar-refractivity contribution is 6.34. The summed E-state index contributed by atoms with van der Waals surface area (Å²) < 4.78 is 1.46. The summed E-state index contributed by atoms with van der Waals surface area (Å²) in [6.45, 7) is 0. The summed E-state index contributed by atoms with van der Waals surface area (Å²) in [5, 5.41) is 7.97. The number of rotatable bonds is 2. The monoisotopic (exact) mass is 257 g/mol. The lowest BCUT2D eigenvalue weighted by atomic mass is 10.3. The van der Waals surface area contributed by atoms with Gasteiger partial charge in [0.15, 0.2) is 0 Å². The van der Waals surface area contributed by atoms with Crippen LogP contribution in [0.2, 0.25) is 10.0 Å². The van der Waals surface area contributed by atoms with E-state index in [1.165, 1.54) is 4.68 Å². The molecule has 1 heterocycles. The first-order chi connectivity index (χ1) is 7.60. The maximum atomic E-state index is 5.89. The number of benzene rings is 1. The zero-order valence-electron chi connectivity index (χ0n) is 8.41. The zero-order chi connectivity index (χ0) is 11.7. The Morgan fingerprint density at radius 3 is 2.38 bits per heavy atom. The molecule has 3 N–H and O–H groups in total. The third-order valence-corrected chi connectivity index (χ3v) is 2.38. The van der Waals surface area contributed by atoms with Gasteiger partial charge in [0.05, 0.1) is 5.69 Å². The highest BCUT2D eigenvalue weighted by atomic mass is 35.5. The molecule has 84 valence electrons. The van der Waals surface area contributed by atoms with Crippen LogP contribution in [0.3, 0.4) is 0 Å². The second-order valence-electron chi connectivity index (χ2n) is 3.08. The minimum atomic E-state index is 0.266. The van der Waals surface area contributed by atoms with Crippen LogP contribution in [0.15, 0.2) is 18.2 Å². The van der Waals surface area contributed by atoms with Gasteiger partial charge in [-0.2, -0.15) is 9.67 Å². The Balaban J connectivity index is 2.53. The molecule has 0 bridgehead atoms. The molecule has 0 spiro atoms. The highest BCUT2D eigenvalue weighted by Gasteiger charge is 2.08. The lowest BCUT2D eigenvalue weighted by Crippen LogP contribution is -2.02. The maximum Gasteiger partial charge on any atom is 0.244 e. The van der Waals surface area contributed by atoms with E-state index in [0.29, 0.717) is 21.7 Å². The van der Waals surface area contributed by atoms with Crippen LogP contribution in [0.25, 0.3) is 5.69 Å². The van der Waals surface area contributed by atoms with E-state index >= 15 is 0 Å². The van der Waals surface area contributed by atoms with Gasteiger partial charge in [0, 0.05) is 17.1 Å². The standard InChI is InChI=1S/C9H9Cl2N5/c1-13-9-14-8(12)16(15-9)7-3-5(10)2-6(11)4-7/h2-4H,1H3,(H3,12,13,14,15). The van der Waals surface area contributed by atoms with E-state index in [-0.39, 0.29) is 5.95 Å². The molecule has 0 amide bonds. The molecule has 16 heavy (non-hydrogen) atoms. The van der Waals surface area contributed by atoms with Gasteiger partial charge in [-0.25, -0.2) is 0 Å². The van der Waals surface area contributed by atoms with Gasteiger partial charge in [0.2, 0.25) is 11.9 Å². The number of nitrogens with two attached hydrogens (primary N) is 1. The first-order valence-corrected chi connectivity index (χ1v) is 5.22. The molecule has 2 aromatic rings. The molecule has 1 aromatic heterocycles. The van der Waals surface area contributed by atoms with E-state index in [2.05, 4.69) is 15.4 Å². The van der Waals surface area contributed by atoms with Crippen molar-refractivity contribution in [2.45, 2.75) is 0 Å². The summed E-state index contributed by atoms with van der Waals surface area (Å²) in [6.07, 6.45) is 0. The molecule has 0 atom stereocenters. The first kappa shape index (κ1) is 11.0. The van der Waals surface area contributed by atoms with E-state index in [1.807, 2.05) is 0 Å². The smallest absolute Gasteiger partial charge is 0.244 e. The molecule has 0 fully saturated rings. The predicted molar refractivity (Wildman–Crippen MR) is 65.3 cm³/mol. The number of hydrogen-bond donors (Lipinski definition) is 2. The summed E-state index contributed by atoms with van der Waals surface area (Å²) in [4.78, 5) is 4.00. The third kappa shape index (κ3) is 2.05. The van der Waals surface area contributed by atoms with Gasteiger partial charge in [0.1, 0.15) is 0 Å². The summed E-state index contributed by atoms with van der Waals surface area (Å²) in [7, 11) is 1.71. The second kappa shape index (κ2) is 4.19. The van der Waals surface area contributed by atoms with Crippen LogP contribution in [0, 0.1) is 0 Å². The van der Waals surface area contributed by atoms with Crippen molar-refractivity contribution in [3.8, 4) is 5.69 Å². The van der Waals surface area contributed by atoms with Gasteiger partial charge in [0.25, 0.3) is 0 Å². The molecule has 0 aliphatic carbocycles. The lowest BCUT2D eigenvalue weighted by molar-refractivity contribution is 0.893. The van der Waals surface area contributed by atoms with Crippen molar-refractivity contribution in [2.24, 2.45) is 0 Å². The molecule has 0 saturated carbocycles. The Labute approximate surface area is 102 Å². The van der Waals surface area contributed by atoms with Crippen molar-refractivity contribution in [1.29, 1.82) is 0 Å². The van der Waals surface area contributed by atoms with Crippen LogP contribution in [0.4, 0.5) is 11.9 Å². The fourth-order valence-electron chi connectivity index (χ4n) is 1.28. The number of nitrogens with zero attached hydrogens (tertiary/aromatic N) is 3. The largest absolute Gasteiger partial charge is 0.368 e. The summed E-state index contributed by atoms with van der Waals surface area (Å²) in [5.74, 6) is 0.705. The number of halogens is 2. The second-order valence-corrected chi connectivity index (χ2v) is 3.96. The van der Waals surface area contributed by atoms with Crippen LogP contribution in [0.5, 0.6) is 0 Å². The Morgan fingerprint density at radius 2 is 1.88 bits per heavy atom. The summed E-state index contributed by atoms with van der Waals surface area (Å²) in [6, 6.07) is 5.05.